The molecule has 0 spiro atoms. The number of benzene rings is 2. The van der Waals surface area contributed by atoms with Gasteiger partial charge in [-0.25, -0.2) is 0 Å². The summed E-state index contributed by atoms with van der Waals surface area (Å²) in [7, 11) is 1.67. The first-order valence-electron chi connectivity index (χ1n) is 6.05. The van der Waals surface area contributed by atoms with Crippen LogP contribution in [0.3, 0.4) is 0 Å². The first-order chi connectivity index (χ1) is 8.60. The third kappa shape index (κ3) is 2.71. The normalized spacial score (nSPS) is 13.7. The molecule has 0 saturated carbocycles. The first-order valence-corrected chi connectivity index (χ1v) is 6.05. The number of allylic oxidation sites excluding steroid dienone is 1. The van der Waals surface area contributed by atoms with Crippen molar-refractivity contribution in [1.29, 1.82) is 0 Å². The Morgan fingerprint density at radius 2 is 1.83 bits per heavy atom. The predicted octanol–water partition coefficient (Wildman–Crippen LogP) is 3.63. The first kappa shape index (κ1) is 12.7. The highest BCUT2D eigenvalue weighted by atomic mass is 16.5. The number of aliphatic hydroxyl groups is 1. The molecule has 0 aromatic heterocycles. The number of fused-ring (bicyclic) bond motifs is 1. The van der Waals surface area contributed by atoms with Crippen molar-refractivity contribution in [2.24, 2.45) is 0 Å². The number of methoxy groups -OCH3 is 1. The Labute approximate surface area is 108 Å². The van der Waals surface area contributed by atoms with Gasteiger partial charge in [-0.3, -0.25) is 0 Å². The van der Waals surface area contributed by atoms with Gasteiger partial charge in [0.25, 0.3) is 0 Å². The van der Waals surface area contributed by atoms with Crippen LogP contribution in [0.1, 0.15) is 19.4 Å². The molecule has 0 saturated heterocycles. The molecule has 0 heterocycles. The van der Waals surface area contributed by atoms with Gasteiger partial charge >= 0.3 is 0 Å². The zero-order chi connectivity index (χ0) is 13.1. The second-order valence-electron chi connectivity index (χ2n) is 4.52. The largest absolute Gasteiger partial charge is 0.497 e. The molecule has 0 aliphatic rings. The maximum absolute atomic E-state index is 9.37. The van der Waals surface area contributed by atoms with Gasteiger partial charge in [0.1, 0.15) is 5.75 Å². The molecule has 18 heavy (non-hydrogen) atoms. The van der Waals surface area contributed by atoms with E-state index >= 15 is 0 Å². The molecule has 1 atom stereocenters. The van der Waals surface area contributed by atoms with Gasteiger partial charge in [0.05, 0.1) is 13.2 Å². The summed E-state index contributed by atoms with van der Waals surface area (Å²) in [5.74, 6) is 0.867. The lowest BCUT2D eigenvalue weighted by molar-refractivity contribution is 0.244. The Morgan fingerprint density at radius 1 is 1.17 bits per heavy atom. The summed E-state index contributed by atoms with van der Waals surface area (Å²) in [5.41, 5.74) is 2.22. The maximum Gasteiger partial charge on any atom is 0.119 e. The van der Waals surface area contributed by atoms with Gasteiger partial charge in [0, 0.05) is 0 Å². The van der Waals surface area contributed by atoms with Crippen molar-refractivity contribution in [3.63, 3.8) is 0 Å². The molecular formula is C16H18O2. The van der Waals surface area contributed by atoms with E-state index in [1.807, 2.05) is 31.2 Å². The van der Waals surface area contributed by atoms with E-state index in [0.29, 0.717) is 0 Å². The summed E-state index contributed by atoms with van der Waals surface area (Å²) in [6.07, 6.45) is 1.43. The van der Waals surface area contributed by atoms with Crippen molar-refractivity contribution < 1.29 is 9.84 Å². The molecule has 0 bridgehead atoms. The summed E-state index contributed by atoms with van der Waals surface area (Å²) < 4.78 is 5.21. The van der Waals surface area contributed by atoms with Crippen LogP contribution < -0.4 is 4.74 Å². The number of ether oxygens (including phenoxy) is 1. The van der Waals surface area contributed by atoms with Crippen molar-refractivity contribution in [1.82, 2.24) is 0 Å². The molecule has 0 radical (unpaired) electrons. The molecule has 2 aromatic carbocycles. The lowest BCUT2D eigenvalue weighted by Crippen LogP contribution is -1.94. The molecule has 0 aliphatic heterocycles. The second kappa shape index (κ2) is 5.23. The zero-order valence-electron chi connectivity index (χ0n) is 11.0. The van der Waals surface area contributed by atoms with E-state index in [1.54, 1.807) is 14.0 Å². The van der Waals surface area contributed by atoms with Crippen molar-refractivity contribution in [2.75, 3.05) is 7.11 Å². The van der Waals surface area contributed by atoms with Gasteiger partial charge in [0.2, 0.25) is 0 Å². The summed E-state index contributed by atoms with van der Waals surface area (Å²) in [6, 6.07) is 12.3. The molecular weight excluding hydrogens is 224 g/mol. The van der Waals surface area contributed by atoms with E-state index in [4.69, 9.17) is 4.74 Å². The van der Waals surface area contributed by atoms with E-state index in [2.05, 4.69) is 18.2 Å². The number of aliphatic hydroxyl groups excluding tert-OH is 1. The van der Waals surface area contributed by atoms with Crippen LogP contribution in [-0.2, 0) is 0 Å². The highest BCUT2D eigenvalue weighted by Crippen LogP contribution is 2.24. The Hall–Kier alpha value is -1.80. The summed E-state index contributed by atoms with van der Waals surface area (Å²) in [5, 5.41) is 11.7. The standard InChI is InChI=1S/C16H18O2/c1-11(8-12(2)17)13-4-5-15-10-16(18-3)7-6-14(15)9-13/h4-10,12,17H,1-3H3. The SMILES string of the molecule is COc1ccc2cc(C(C)=CC(C)O)ccc2c1. The van der Waals surface area contributed by atoms with Crippen LogP contribution in [0.4, 0.5) is 0 Å². The van der Waals surface area contributed by atoms with Crippen LogP contribution in [0, 0.1) is 0 Å². The van der Waals surface area contributed by atoms with Gasteiger partial charge in [-0.15, -0.1) is 0 Å². The minimum atomic E-state index is -0.420. The van der Waals surface area contributed by atoms with E-state index < -0.39 is 6.10 Å². The average Bonchev–Trinajstić information content (AvgIpc) is 2.36. The predicted molar refractivity (Wildman–Crippen MR) is 75.8 cm³/mol. The molecule has 2 aromatic rings. The van der Waals surface area contributed by atoms with Crippen LogP contribution >= 0.6 is 0 Å². The minimum absolute atomic E-state index is 0.420. The number of hydrogen-bond donors (Lipinski definition) is 1. The molecule has 1 unspecified atom stereocenters. The van der Waals surface area contributed by atoms with Crippen molar-refractivity contribution >= 4 is 16.3 Å². The van der Waals surface area contributed by atoms with Gasteiger partial charge in [-0.2, -0.15) is 0 Å². The molecule has 94 valence electrons. The number of hydrogen-bond acceptors (Lipinski definition) is 2. The van der Waals surface area contributed by atoms with Gasteiger partial charge in [-0.05, 0) is 54.0 Å². The molecule has 2 nitrogen and oxygen atoms in total. The van der Waals surface area contributed by atoms with Crippen LogP contribution in [-0.4, -0.2) is 18.3 Å². The third-order valence-corrected chi connectivity index (χ3v) is 2.99. The lowest BCUT2D eigenvalue weighted by atomic mass is 10.0. The maximum atomic E-state index is 9.37. The Balaban J connectivity index is 2.45. The fraction of sp³-hybridized carbons (Fsp3) is 0.250. The second-order valence-corrected chi connectivity index (χ2v) is 4.52. The summed E-state index contributed by atoms with van der Waals surface area (Å²) in [6.45, 7) is 3.77. The quantitative estimate of drug-likeness (QED) is 0.890. The average molecular weight is 242 g/mol. The van der Waals surface area contributed by atoms with Gasteiger partial charge in [-0.1, -0.05) is 24.3 Å². The zero-order valence-corrected chi connectivity index (χ0v) is 11.0. The van der Waals surface area contributed by atoms with Crippen molar-refractivity contribution in [3.05, 3.63) is 48.0 Å². The van der Waals surface area contributed by atoms with Gasteiger partial charge < -0.3 is 9.84 Å². The Morgan fingerprint density at radius 3 is 2.50 bits per heavy atom. The highest BCUT2D eigenvalue weighted by Gasteiger charge is 2.01. The fourth-order valence-corrected chi connectivity index (χ4v) is 2.05. The molecule has 0 aliphatic carbocycles. The Bertz CT molecular complexity index is 583. The lowest BCUT2D eigenvalue weighted by Gasteiger charge is -2.07. The molecule has 2 rings (SSSR count). The molecule has 0 fully saturated rings. The highest BCUT2D eigenvalue weighted by molar-refractivity contribution is 5.87. The fourth-order valence-electron chi connectivity index (χ4n) is 2.05. The van der Waals surface area contributed by atoms with E-state index in [-0.39, 0.29) is 0 Å². The summed E-state index contributed by atoms with van der Waals surface area (Å²) in [4.78, 5) is 0. The number of rotatable bonds is 3. The minimum Gasteiger partial charge on any atom is -0.497 e. The van der Waals surface area contributed by atoms with Crippen LogP contribution in [0.5, 0.6) is 5.75 Å². The smallest absolute Gasteiger partial charge is 0.119 e. The third-order valence-electron chi connectivity index (χ3n) is 2.99. The van der Waals surface area contributed by atoms with E-state index in [1.165, 1.54) is 5.39 Å². The van der Waals surface area contributed by atoms with Crippen LogP contribution in [0.25, 0.3) is 16.3 Å². The molecule has 0 amide bonds. The van der Waals surface area contributed by atoms with Crippen molar-refractivity contribution in [3.8, 4) is 5.75 Å². The van der Waals surface area contributed by atoms with Gasteiger partial charge in [0.15, 0.2) is 0 Å². The van der Waals surface area contributed by atoms with E-state index in [9.17, 15) is 5.11 Å². The molecule has 2 heteroatoms. The molecule has 1 N–H and O–H groups in total. The van der Waals surface area contributed by atoms with Crippen LogP contribution in [0.2, 0.25) is 0 Å². The topological polar surface area (TPSA) is 29.5 Å². The monoisotopic (exact) mass is 242 g/mol. The van der Waals surface area contributed by atoms with E-state index in [0.717, 1.165) is 22.3 Å². The summed E-state index contributed by atoms with van der Waals surface area (Å²) >= 11 is 0. The Kier molecular flexibility index (Phi) is 3.68. The van der Waals surface area contributed by atoms with Crippen LogP contribution in [0.15, 0.2) is 42.5 Å². The van der Waals surface area contributed by atoms with Crippen molar-refractivity contribution in [2.45, 2.75) is 20.0 Å².